The van der Waals surface area contributed by atoms with Crippen LogP contribution in [0.2, 0.25) is 0 Å². The fourth-order valence-corrected chi connectivity index (χ4v) is 15.4. The standard InChI is InChI=1S/C79H51N3S/c1-5-23-52(24-6-1)53-41-43-58(44-42-53)80(55-25-7-2-8-26-55)60-47-54(67-51-69-65-34-16-21-39-74(65)82(57-29-11-4-12-30-57)77(69)76-66-35-17-22-40-75(66)83-78(67)76)48-61(49-60)81(56-27-9-3-10-28-56)59-45-46-73-68(50-59)64-33-15-20-38-72(64)79(73)70-36-18-13-31-62(70)63-32-14-19-37-71(63)79/h1-51H. The molecule has 2 aromatic heterocycles. The lowest BCUT2D eigenvalue weighted by Gasteiger charge is -2.32. The second kappa shape index (κ2) is 18.8. The maximum atomic E-state index is 2.50. The number of hydrogen-bond donors (Lipinski definition) is 0. The lowest BCUT2D eigenvalue weighted by molar-refractivity contribution is 0.794. The fourth-order valence-electron chi connectivity index (χ4n) is 14.1. The molecule has 0 saturated heterocycles. The summed E-state index contributed by atoms with van der Waals surface area (Å²) >= 11 is 1.89. The van der Waals surface area contributed by atoms with E-state index in [1.807, 2.05) is 11.3 Å². The van der Waals surface area contributed by atoms with Crippen molar-refractivity contribution >= 4 is 87.4 Å². The summed E-state index contributed by atoms with van der Waals surface area (Å²) in [7, 11) is 0. The van der Waals surface area contributed by atoms with Crippen LogP contribution in [-0.4, -0.2) is 4.57 Å². The molecule has 0 amide bonds. The number of rotatable bonds is 9. The first-order valence-electron chi connectivity index (χ1n) is 28.6. The molecule has 3 nitrogen and oxygen atoms in total. The summed E-state index contributed by atoms with van der Waals surface area (Å²) in [6.45, 7) is 0. The summed E-state index contributed by atoms with van der Waals surface area (Å²) in [5.74, 6) is 0. The highest BCUT2D eigenvalue weighted by Gasteiger charge is 2.51. The number of benzene rings is 13. The number of hydrogen-bond acceptors (Lipinski definition) is 3. The first-order chi connectivity index (χ1) is 41.2. The topological polar surface area (TPSA) is 11.4 Å². The molecule has 1 spiro atoms. The van der Waals surface area contributed by atoms with Crippen molar-refractivity contribution in [2.45, 2.75) is 5.41 Å². The van der Waals surface area contributed by atoms with Crippen molar-refractivity contribution in [2.24, 2.45) is 0 Å². The Hall–Kier alpha value is -10.5. The number of para-hydroxylation sites is 4. The molecule has 83 heavy (non-hydrogen) atoms. The maximum Gasteiger partial charge on any atom is 0.0725 e. The van der Waals surface area contributed by atoms with Gasteiger partial charge in [0.25, 0.3) is 0 Å². The Labute approximate surface area is 486 Å². The van der Waals surface area contributed by atoms with Crippen molar-refractivity contribution in [1.29, 1.82) is 0 Å². The van der Waals surface area contributed by atoms with Crippen LogP contribution in [0.4, 0.5) is 34.1 Å². The first-order valence-corrected chi connectivity index (χ1v) is 29.4. The molecular formula is C79H51N3S. The van der Waals surface area contributed by atoms with Crippen molar-refractivity contribution in [3.63, 3.8) is 0 Å². The number of nitrogens with zero attached hydrogens (tertiary/aromatic N) is 3. The van der Waals surface area contributed by atoms with Crippen LogP contribution < -0.4 is 9.80 Å². The zero-order chi connectivity index (χ0) is 54.6. The van der Waals surface area contributed by atoms with Crippen LogP contribution in [-0.2, 0) is 5.41 Å². The third-order valence-corrected chi connectivity index (χ3v) is 18.7. The van der Waals surface area contributed by atoms with Crippen molar-refractivity contribution in [3.05, 3.63) is 332 Å². The van der Waals surface area contributed by atoms with E-state index in [0.29, 0.717) is 0 Å². The molecule has 0 N–H and O–H groups in total. The highest BCUT2D eigenvalue weighted by atomic mass is 32.1. The summed E-state index contributed by atoms with van der Waals surface area (Å²) in [5, 5.41) is 4.97. The van der Waals surface area contributed by atoms with Gasteiger partial charge in [-0.1, -0.05) is 212 Å². The zero-order valence-electron chi connectivity index (χ0n) is 45.2. The van der Waals surface area contributed by atoms with E-state index in [9.17, 15) is 0 Å². The van der Waals surface area contributed by atoms with Crippen LogP contribution >= 0.6 is 11.3 Å². The Morgan fingerprint density at radius 1 is 0.289 bits per heavy atom. The predicted octanol–water partition coefficient (Wildman–Crippen LogP) is 21.8. The van der Waals surface area contributed by atoms with E-state index in [1.54, 1.807) is 0 Å². The van der Waals surface area contributed by atoms with E-state index in [0.717, 1.165) is 45.4 Å². The number of anilines is 6. The average molecular weight is 1070 g/mol. The monoisotopic (exact) mass is 1070 g/mol. The van der Waals surface area contributed by atoms with Gasteiger partial charge in [0.05, 0.1) is 16.4 Å². The van der Waals surface area contributed by atoms with Gasteiger partial charge < -0.3 is 14.4 Å². The van der Waals surface area contributed by atoms with E-state index in [2.05, 4.69) is 324 Å². The van der Waals surface area contributed by atoms with Crippen molar-refractivity contribution in [3.8, 4) is 50.2 Å². The number of thiophene rings is 1. The molecule has 2 heterocycles. The Balaban J connectivity index is 0.953. The molecule has 0 aliphatic heterocycles. The van der Waals surface area contributed by atoms with E-state index < -0.39 is 5.41 Å². The largest absolute Gasteiger partial charge is 0.310 e. The minimum atomic E-state index is -0.452. The van der Waals surface area contributed by atoms with Gasteiger partial charge in [-0.05, 0) is 158 Å². The normalized spacial score (nSPS) is 12.7. The summed E-state index contributed by atoms with van der Waals surface area (Å²) in [4.78, 5) is 4.92. The minimum Gasteiger partial charge on any atom is -0.310 e. The summed E-state index contributed by atoms with van der Waals surface area (Å²) in [6, 6.07) is 115. The highest BCUT2D eigenvalue weighted by Crippen LogP contribution is 2.63. The Kier molecular flexibility index (Phi) is 10.7. The molecule has 0 radical (unpaired) electrons. The molecule has 0 atom stereocenters. The SMILES string of the molecule is c1ccc(-c2ccc(N(c3ccccc3)c3cc(-c4cc5c6ccccc6n(-c6ccccc6)c5c5c4sc4ccccc45)cc(N(c4ccccc4)c4ccc5c(c4)-c4ccccc4C54c5ccccc5-c5ccccc54)c3)cc2)cc1. The quantitative estimate of drug-likeness (QED) is 0.143. The van der Waals surface area contributed by atoms with Gasteiger partial charge >= 0.3 is 0 Å². The van der Waals surface area contributed by atoms with E-state index in [4.69, 9.17) is 0 Å². The average Bonchev–Trinajstić information content (AvgIpc) is 1.97. The van der Waals surface area contributed by atoms with Crippen molar-refractivity contribution < 1.29 is 0 Å². The van der Waals surface area contributed by atoms with Gasteiger partial charge in [-0.2, -0.15) is 0 Å². The maximum absolute atomic E-state index is 2.50. The molecule has 2 aliphatic rings. The second-order valence-electron chi connectivity index (χ2n) is 21.9. The smallest absolute Gasteiger partial charge is 0.0725 e. The zero-order valence-corrected chi connectivity index (χ0v) is 46.0. The molecular weight excluding hydrogens is 1020 g/mol. The molecule has 0 fully saturated rings. The van der Waals surface area contributed by atoms with Crippen LogP contribution in [0.1, 0.15) is 22.3 Å². The molecule has 15 aromatic rings. The van der Waals surface area contributed by atoms with E-state index in [-0.39, 0.29) is 0 Å². The molecule has 4 heteroatoms. The van der Waals surface area contributed by atoms with Crippen LogP contribution in [0, 0.1) is 0 Å². The van der Waals surface area contributed by atoms with E-state index >= 15 is 0 Å². The van der Waals surface area contributed by atoms with Crippen molar-refractivity contribution in [2.75, 3.05) is 9.80 Å². The van der Waals surface area contributed by atoms with Gasteiger partial charge in [0.2, 0.25) is 0 Å². The van der Waals surface area contributed by atoms with Crippen molar-refractivity contribution in [1.82, 2.24) is 4.57 Å². The molecule has 2 aliphatic carbocycles. The van der Waals surface area contributed by atoms with Gasteiger partial charge in [0.1, 0.15) is 0 Å². The first kappa shape index (κ1) is 47.3. The highest BCUT2D eigenvalue weighted by molar-refractivity contribution is 7.26. The number of fused-ring (bicyclic) bond motifs is 17. The van der Waals surface area contributed by atoms with E-state index in [1.165, 1.54) is 103 Å². The van der Waals surface area contributed by atoms with Gasteiger partial charge in [-0.15, -0.1) is 11.3 Å². The minimum absolute atomic E-state index is 0.452. The Bertz CT molecular complexity index is 4980. The third kappa shape index (κ3) is 7.16. The fraction of sp³-hybridized carbons (Fsp3) is 0.0127. The Morgan fingerprint density at radius 2 is 0.759 bits per heavy atom. The second-order valence-corrected chi connectivity index (χ2v) is 23.0. The summed E-state index contributed by atoms with van der Waals surface area (Å²) in [5.41, 5.74) is 24.6. The molecule has 0 saturated carbocycles. The molecule has 388 valence electrons. The van der Waals surface area contributed by atoms with Crippen LogP contribution in [0.3, 0.4) is 0 Å². The van der Waals surface area contributed by atoms with Crippen LogP contribution in [0.15, 0.2) is 309 Å². The third-order valence-electron chi connectivity index (χ3n) is 17.5. The lowest BCUT2D eigenvalue weighted by Crippen LogP contribution is -2.25. The Morgan fingerprint density at radius 3 is 1.40 bits per heavy atom. The predicted molar refractivity (Wildman–Crippen MR) is 350 cm³/mol. The number of aromatic nitrogens is 1. The van der Waals surface area contributed by atoms with Crippen LogP contribution in [0.25, 0.3) is 92.2 Å². The molecule has 0 bridgehead atoms. The lowest BCUT2D eigenvalue weighted by atomic mass is 9.70. The van der Waals surface area contributed by atoms with Crippen LogP contribution in [0.5, 0.6) is 0 Å². The molecule has 13 aromatic carbocycles. The van der Waals surface area contributed by atoms with Gasteiger partial charge in [-0.25, -0.2) is 0 Å². The van der Waals surface area contributed by atoms with Gasteiger partial charge in [-0.3, -0.25) is 0 Å². The summed E-state index contributed by atoms with van der Waals surface area (Å²) < 4.78 is 5.00. The molecule has 0 unspecified atom stereocenters. The summed E-state index contributed by atoms with van der Waals surface area (Å²) in [6.07, 6.45) is 0. The van der Waals surface area contributed by atoms with Gasteiger partial charge in [0, 0.05) is 76.3 Å². The van der Waals surface area contributed by atoms with Gasteiger partial charge in [0.15, 0.2) is 0 Å². The molecule has 17 rings (SSSR count).